The molecule has 0 atom stereocenters. The number of halogens is 6. The average Bonchev–Trinajstić information content (AvgIpc) is 2.86. The summed E-state index contributed by atoms with van der Waals surface area (Å²) in [6.07, 6.45) is -4.68. The van der Waals surface area contributed by atoms with E-state index in [0.29, 0.717) is 5.56 Å². The van der Waals surface area contributed by atoms with E-state index >= 15 is 0 Å². The van der Waals surface area contributed by atoms with E-state index in [9.17, 15) is 13.2 Å². The molecule has 0 N–H and O–H groups in total. The van der Waals surface area contributed by atoms with Crippen LogP contribution in [-0.2, 0) is 6.16 Å². The Morgan fingerprint density at radius 1 is 0.743 bits per heavy atom. The Labute approximate surface area is 217 Å². The van der Waals surface area contributed by atoms with Crippen molar-refractivity contribution in [1.82, 2.24) is 0 Å². The molecule has 0 saturated heterocycles. The van der Waals surface area contributed by atoms with Gasteiger partial charge in [-0.05, 0) is 0 Å². The maximum absolute atomic E-state index is 13.0. The predicted molar refractivity (Wildman–Crippen MR) is 143 cm³/mol. The molecule has 0 aliphatic heterocycles. The molecule has 0 fully saturated rings. The molecule has 4 aromatic carbocycles. The van der Waals surface area contributed by atoms with Gasteiger partial charge in [0.2, 0.25) is 0 Å². The van der Waals surface area contributed by atoms with Crippen LogP contribution in [0.1, 0.15) is 11.1 Å². The first-order valence-corrected chi connectivity index (χ1v) is 14.8. The van der Waals surface area contributed by atoms with Crippen molar-refractivity contribution in [2.75, 3.05) is 0 Å². The van der Waals surface area contributed by atoms with Crippen molar-refractivity contribution in [1.29, 1.82) is 0 Å². The molecular formula is C27H21Cl3F3OP. The van der Waals surface area contributed by atoms with Crippen LogP contribution < -0.4 is 20.7 Å². The van der Waals surface area contributed by atoms with Crippen LogP contribution in [-0.4, -0.2) is 6.36 Å². The van der Waals surface area contributed by atoms with Gasteiger partial charge in [-0.2, -0.15) is 0 Å². The molecule has 0 spiro atoms. The summed E-state index contributed by atoms with van der Waals surface area (Å²) >= 11 is 21.3. The van der Waals surface area contributed by atoms with Crippen molar-refractivity contribution >= 4 is 56.3 Å². The van der Waals surface area contributed by atoms with Gasteiger partial charge in [0.15, 0.2) is 0 Å². The quantitative estimate of drug-likeness (QED) is 0.217. The Bertz CT molecular complexity index is 1230. The summed E-state index contributed by atoms with van der Waals surface area (Å²) in [7, 11) is 0. The van der Waals surface area contributed by atoms with Crippen LogP contribution in [0.5, 0.6) is 5.75 Å². The van der Waals surface area contributed by atoms with E-state index in [1.807, 2.05) is 91.0 Å². The van der Waals surface area contributed by atoms with Crippen LogP contribution in [0.15, 0.2) is 97.1 Å². The fourth-order valence-electron chi connectivity index (χ4n) is 4.36. The van der Waals surface area contributed by atoms with Gasteiger partial charge in [-0.25, -0.2) is 0 Å². The molecule has 4 rings (SSSR count). The van der Waals surface area contributed by atoms with E-state index < -0.39 is 18.1 Å². The molecule has 0 amide bonds. The third kappa shape index (κ3) is 4.78. The first-order chi connectivity index (χ1) is 16.5. The topological polar surface area (TPSA) is 9.23 Å². The van der Waals surface area contributed by atoms with Gasteiger partial charge < -0.3 is 0 Å². The minimum absolute atomic E-state index is 0.0530. The number of rotatable bonds is 6. The molecule has 0 aliphatic carbocycles. The third-order valence-corrected chi connectivity index (χ3v) is 14.1. The minimum atomic E-state index is -4.87. The first kappa shape index (κ1) is 25.9. The second-order valence-electron chi connectivity index (χ2n) is 8.17. The molecule has 1 nitrogen and oxygen atoms in total. The van der Waals surface area contributed by atoms with Crippen LogP contribution in [0, 0.1) is 6.92 Å². The molecule has 182 valence electrons. The molecule has 35 heavy (non-hydrogen) atoms. The maximum atomic E-state index is 13.0. The summed E-state index contributed by atoms with van der Waals surface area (Å²) in [5.41, 5.74) is 0.601. The molecule has 4 aromatic rings. The normalized spacial score (nSPS) is 13.2. The second kappa shape index (κ2) is 9.67. The standard InChI is InChI=1S/C27H21Cl3F3OP/c1-19-25(34-27(31,32)33)17-24(28)23(26(19)29)18-35(30,20-11-5-2-6-12-20,21-13-7-3-8-14-21)22-15-9-4-10-16-22/h2-17H,18H2,1H3. The number of hydrogen-bond donors (Lipinski definition) is 0. The van der Waals surface area contributed by atoms with Crippen molar-refractivity contribution in [3.63, 3.8) is 0 Å². The second-order valence-corrected chi connectivity index (χ2v) is 15.4. The monoisotopic (exact) mass is 554 g/mol. The van der Waals surface area contributed by atoms with Crippen molar-refractivity contribution in [3.8, 4) is 5.75 Å². The summed E-state index contributed by atoms with van der Waals surface area (Å²) < 4.78 is 43.0. The van der Waals surface area contributed by atoms with Crippen LogP contribution in [0.4, 0.5) is 13.2 Å². The summed E-state index contributed by atoms with van der Waals surface area (Å²) in [6, 6.07) is 30.2. The number of benzene rings is 4. The van der Waals surface area contributed by atoms with Crippen LogP contribution in [0.3, 0.4) is 0 Å². The first-order valence-electron chi connectivity index (χ1n) is 10.7. The van der Waals surface area contributed by atoms with Crippen LogP contribution >= 0.6 is 40.4 Å². The van der Waals surface area contributed by atoms with Gasteiger partial charge in [-0.1, -0.05) is 0 Å². The Kier molecular flexibility index (Phi) is 7.14. The summed E-state index contributed by atoms with van der Waals surface area (Å²) in [5, 5.41) is 2.81. The van der Waals surface area contributed by atoms with Gasteiger partial charge in [0.1, 0.15) is 0 Å². The number of alkyl halides is 3. The van der Waals surface area contributed by atoms with E-state index in [2.05, 4.69) is 4.74 Å². The fraction of sp³-hybridized carbons (Fsp3) is 0.111. The zero-order valence-corrected chi connectivity index (χ0v) is 21.7. The van der Waals surface area contributed by atoms with Crippen LogP contribution in [0.2, 0.25) is 10.0 Å². The molecular weight excluding hydrogens is 535 g/mol. The van der Waals surface area contributed by atoms with E-state index in [1.165, 1.54) is 6.92 Å². The molecule has 0 radical (unpaired) electrons. The Morgan fingerprint density at radius 2 is 1.14 bits per heavy atom. The van der Waals surface area contributed by atoms with Gasteiger partial charge in [0.05, 0.1) is 0 Å². The van der Waals surface area contributed by atoms with E-state index in [0.717, 1.165) is 22.0 Å². The molecule has 0 bridgehead atoms. The van der Waals surface area contributed by atoms with E-state index in [-0.39, 0.29) is 21.8 Å². The average molecular weight is 556 g/mol. The number of ether oxygens (including phenoxy) is 1. The summed E-state index contributed by atoms with van der Waals surface area (Å²) in [4.78, 5) is 0. The Balaban J connectivity index is 2.05. The van der Waals surface area contributed by atoms with Crippen molar-refractivity contribution in [2.45, 2.75) is 19.4 Å². The third-order valence-electron chi connectivity index (χ3n) is 6.07. The molecule has 8 heteroatoms. The fourth-order valence-corrected chi connectivity index (χ4v) is 11.2. The summed E-state index contributed by atoms with van der Waals surface area (Å²) in [6.45, 7) is 1.47. The number of hydrogen-bond acceptors (Lipinski definition) is 1. The van der Waals surface area contributed by atoms with E-state index in [1.54, 1.807) is 0 Å². The zero-order chi connectivity index (χ0) is 25.3. The zero-order valence-electron chi connectivity index (χ0n) is 18.6. The van der Waals surface area contributed by atoms with Gasteiger partial charge >= 0.3 is 218 Å². The van der Waals surface area contributed by atoms with Gasteiger partial charge in [0, 0.05) is 0 Å². The Morgan fingerprint density at radius 3 is 1.51 bits per heavy atom. The van der Waals surface area contributed by atoms with Crippen molar-refractivity contribution < 1.29 is 17.9 Å². The molecule has 0 aliphatic rings. The SMILES string of the molecule is Cc1c(OC(F)(F)F)cc(Cl)c(CP(Cl)(c2ccccc2)(c2ccccc2)c2ccccc2)c1Cl. The van der Waals surface area contributed by atoms with Crippen molar-refractivity contribution in [2.24, 2.45) is 0 Å². The molecule has 0 saturated carbocycles. The van der Waals surface area contributed by atoms with Gasteiger partial charge in [0.25, 0.3) is 0 Å². The van der Waals surface area contributed by atoms with Crippen molar-refractivity contribution in [3.05, 3.63) is 118 Å². The van der Waals surface area contributed by atoms with Gasteiger partial charge in [-0.15, -0.1) is 0 Å². The molecule has 0 heterocycles. The van der Waals surface area contributed by atoms with Crippen LogP contribution in [0.25, 0.3) is 0 Å². The predicted octanol–water partition coefficient (Wildman–Crippen LogP) is 8.38. The summed E-state index contributed by atoms with van der Waals surface area (Å²) in [5.74, 6) is -4.24. The van der Waals surface area contributed by atoms with E-state index in [4.69, 9.17) is 34.4 Å². The molecule has 0 unspecified atom stereocenters. The Hall–Kier alpha value is -2.23. The van der Waals surface area contributed by atoms with Gasteiger partial charge in [-0.3, -0.25) is 0 Å². The molecule has 0 aromatic heterocycles.